The Kier molecular flexibility index (Phi) is 5.44. The first-order chi connectivity index (χ1) is 7.81. The summed E-state index contributed by atoms with van der Waals surface area (Å²) in [6, 6.07) is 0. The SMILES string of the molecule is O=P1(O)OCCCCCCCC(C(F)(F)F)O1. The third-order valence-corrected chi connectivity index (χ3v) is 3.52. The minimum atomic E-state index is -4.64. The van der Waals surface area contributed by atoms with Crippen molar-refractivity contribution in [1.82, 2.24) is 0 Å². The standard InChI is InChI=1S/C9H16F3O4P/c10-9(11,12)8-6-4-2-1-3-5-7-15-17(13,14)16-8/h8H,1-7H2,(H,13,14). The highest BCUT2D eigenvalue weighted by molar-refractivity contribution is 7.47. The van der Waals surface area contributed by atoms with Crippen LogP contribution < -0.4 is 0 Å². The Morgan fingerprint density at radius 2 is 1.71 bits per heavy atom. The van der Waals surface area contributed by atoms with Crippen molar-refractivity contribution in [2.75, 3.05) is 6.61 Å². The molecule has 1 rings (SSSR count). The maximum absolute atomic E-state index is 12.5. The third kappa shape index (κ3) is 5.86. The van der Waals surface area contributed by atoms with Crippen LogP contribution in [0.4, 0.5) is 13.2 Å². The Hall–Kier alpha value is -0.100. The van der Waals surface area contributed by atoms with Gasteiger partial charge in [-0.15, -0.1) is 0 Å². The van der Waals surface area contributed by atoms with Crippen LogP contribution in [0.1, 0.15) is 38.5 Å². The van der Waals surface area contributed by atoms with E-state index in [2.05, 4.69) is 9.05 Å². The zero-order valence-corrected chi connectivity index (χ0v) is 10.2. The quantitative estimate of drug-likeness (QED) is 0.689. The molecule has 4 nitrogen and oxygen atoms in total. The van der Waals surface area contributed by atoms with Crippen molar-refractivity contribution in [1.29, 1.82) is 0 Å². The van der Waals surface area contributed by atoms with E-state index in [4.69, 9.17) is 4.89 Å². The van der Waals surface area contributed by atoms with Gasteiger partial charge in [-0.1, -0.05) is 25.7 Å². The lowest BCUT2D eigenvalue weighted by Crippen LogP contribution is -2.31. The highest BCUT2D eigenvalue weighted by Crippen LogP contribution is 2.48. The van der Waals surface area contributed by atoms with Crippen LogP contribution >= 0.6 is 7.82 Å². The Balaban J connectivity index is 2.69. The Morgan fingerprint density at radius 1 is 1.12 bits per heavy atom. The lowest BCUT2D eigenvalue weighted by atomic mass is 10.1. The molecular weight excluding hydrogens is 260 g/mol. The van der Waals surface area contributed by atoms with Gasteiger partial charge in [0.05, 0.1) is 6.61 Å². The molecule has 0 radical (unpaired) electrons. The normalized spacial score (nSPS) is 34.0. The molecule has 17 heavy (non-hydrogen) atoms. The molecule has 102 valence electrons. The fourth-order valence-electron chi connectivity index (χ4n) is 1.61. The van der Waals surface area contributed by atoms with Crippen LogP contribution in [0.5, 0.6) is 0 Å². The molecule has 1 aliphatic rings. The van der Waals surface area contributed by atoms with Crippen molar-refractivity contribution in [3.63, 3.8) is 0 Å². The molecule has 2 atom stereocenters. The van der Waals surface area contributed by atoms with Gasteiger partial charge in [-0.2, -0.15) is 13.2 Å². The molecule has 1 fully saturated rings. The summed E-state index contributed by atoms with van der Waals surface area (Å²) in [5.41, 5.74) is 0. The van der Waals surface area contributed by atoms with Gasteiger partial charge >= 0.3 is 14.0 Å². The summed E-state index contributed by atoms with van der Waals surface area (Å²) >= 11 is 0. The number of rotatable bonds is 0. The largest absolute Gasteiger partial charge is 0.472 e. The highest BCUT2D eigenvalue weighted by Gasteiger charge is 2.44. The smallest absolute Gasteiger partial charge is 0.302 e. The summed E-state index contributed by atoms with van der Waals surface area (Å²) in [6.07, 6.45) is -4.08. The topological polar surface area (TPSA) is 55.8 Å². The van der Waals surface area contributed by atoms with Crippen molar-refractivity contribution >= 4 is 7.82 Å². The molecule has 0 aromatic rings. The van der Waals surface area contributed by atoms with Crippen LogP contribution in [-0.4, -0.2) is 23.8 Å². The second kappa shape index (κ2) is 6.18. The van der Waals surface area contributed by atoms with Gasteiger partial charge in [0.1, 0.15) is 0 Å². The first kappa shape index (κ1) is 15.0. The van der Waals surface area contributed by atoms with Crippen LogP contribution in [0.15, 0.2) is 0 Å². The van der Waals surface area contributed by atoms with Gasteiger partial charge in [0.15, 0.2) is 6.10 Å². The Labute approximate surface area is 97.7 Å². The molecule has 0 bridgehead atoms. The van der Waals surface area contributed by atoms with Gasteiger partial charge in [-0.3, -0.25) is 9.05 Å². The number of halogens is 3. The molecule has 0 saturated carbocycles. The molecule has 1 heterocycles. The molecule has 0 amide bonds. The van der Waals surface area contributed by atoms with Crippen molar-refractivity contribution in [2.45, 2.75) is 50.8 Å². The molecule has 2 unspecified atom stereocenters. The second-order valence-electron chi connectivity index (χ2n) is 3.99. The molecule has 0 aliphatic carbocycles. The summed E-state index contributed by atoms with van der Waals surface area (Å²) in [5, 5.41) is 0. The van der Waals surface area contributed by atoms with Gasteiger partial charge < -0.3 is 4.89 Å². The van der Waals surface area contributed by atoms with Crippen LogP contribution in [0.2, 0.25) is 0 Å². The van der Waals surface area contributed by atoms with Gasteiger partial charge in [0.2, 0.25) is 0 Å². The maximum Gasteiger partial charge on any atom is 0.472 e. The van der Waals surface area contributed by atoms with E-state index in [9.17, 15) is 17.7 Å². The minimum absolute atomic E-state index is 0.0572. The predicted molar refractivity (Wildman–Crippen MR) is 54.4 cm³/mol. The van der Waals surface area contributed by atoms with E-state index in [0.717, 1.165) is 12.8 Å². The lowest BCUT2D eigenvalue weighted by Gasteiger charge is -2.22. The number of phosphoric ester groups is 1. The average Bonchev–Trinajstić information content (AvgIpc) is 2.21. The van der Waals surface area contributed by atoms with Crippen molar-refractivity contribution in [3.05, 3.63) is 0 Å². The third-order valence-electron chi connectivity index (χ3n) is 2.49. The van der Waals surface area contributed by atoms with Crippen molar-refractivity contribution in [2.24, 2.45) is 0 Å². The van der Waals surface area contributed by atoms with Gasteiger partial charge in [-0.25, -0.2) is 4.57 Å². The van der Waals surface area contributed by atoms with E-state index in [1.807, 2.05) is 0 Å². The van der Waals surface area contributed by atoms with Gasteiger partial charge in [-0.05, 0) is 12.8 Å². The summed E-state index contributed by atoms with van der Waals surface area (Å²) in [6.45, 7) is -0.0572. The van der Waals surface area contributed by atoms with E-state index < -0.39 is 20.1 Å². The molecule has 1 saturated heterocycles. The summed E-state index contributed by atoms with van der Waals surface area (Å²) in [4.78, 5) is 9.13. The monoisotopic (exact) mass is 276 g/mol. The first-order valence-corrected chi connectivity index (χ1v) is 7.03. The summed E-state index contributed by atoms with van der Waals surface area (Å²) in [5.74, 6) is 0. The molecule has 8 heteroatoms. The minimum Gasteiger partial charge on any atom is -0.302 e. The number of alkyl halides is 3. The summed E-state index contributed by atoms with van der Waals surface area (Å²) < 4.78 is 57.5. The first-order valence-electron chi connectivity index (χ1n) is 5.54. The highest BCUT2D eigenvalue weighted by atomic mass is 31.2. The fourth-order valence-corrected chi connectivity index (χ4v) is 2.58. The molecule has 1 N–H and O–H groups in total. The van der Waals surface area contributed by atoms with Crippen molar-refractivity contribution < 1.29 is 31.7 Å². The van der Waals surface area contributed by atoms with Crippen LogP contribution in [0.25, 0.3) is 0 Å². The van der Waals surface area contributed by atoms with E-state index >= 15 is 0 Å². The van der Waals surface area contributed by atoms with E-state index in [-0.39, 0.29) is 13.0 Å². The lowest BCUT2D eigenvalue weighted by molar-refractivity contribution is -0.201. The zero-order chi connectivity index (χ0) is 12.9. The molecule has 0 spiro atoms. The maximum atomic E-state index is 12.5. The fraction of sp³-hybridized carbons (Fsp3) is 1.00. The molecule has 0 aromatic heterocycles. The van der Waals surface area contributed by atoms with E-state index in [1.165, 1.54) is 0 Å². The van der Waals surface area contributed by atoms with E-state index in [1.54, 1.807) is 0 Å². The Bertz CT molecular complexity index is 282. The van der Waals surface area contributed by atoms with Crippen LogP contribution in [0, 0.1) is 0 Å². The van der Waals surface area contributed by atoms with Gasteiger partial charge in [0, 0.05) is 0 Å². The zero-order valence-electron chi connectivity index (χ0n) is 9.28. The molecule has 1 aliphatic heterocycles. The number of hydrogen-bond donors (Lipinski definition) is 1. The molecular formula is C9H16F3O4P. The number of hydrogen-bond acceptors (Lipinski definition) is 3. The van der Waals surface area contributed by atoms with Crippen LogP contribution in [0.3, 0.4) is 0 Å². The predicted octanol–water partition coefficient (Wildman–Crippen LogP) is 3.41. The summed E-state index contributed by atoms with van der Waals surface area (Å²) in [7, 11) is -4.60. The number of phosphoric acid groups is 1. The van der Waals surface area contributed by atoms with Gasteiger partial charge in [0.25, 0.3) is 0 Å². The van der Waals surface area contributed by atoms with E-state index in [0.29, 0.717) is 19.3 Å². The second-order valence-corrected chi connectivity index (χ2v) is 5.40. The molecule has 0 aromatic carbocycles. The Morgan fingerprint density at radius 3 is 2.35 bits per heavy atom. The van der Waals surface area contributed by atoms with Crippen LogP contribution in [-0.2, 0) is 13.6 Å². The average molecular weight is 276 g/mol. The van der Waals surface area contributed by atoms with Crippen molar-refractivity contribution in [3.8, 4) is 0 Å².